The van der Waals surface area contributed by atoms with Crippen LogP contribution in [0.2, 0.25) is 0 Å². The Bertz CT molecular complexity index is 1860. The minimum atomic E-state index is -1.22. The molecule has 0 aliphatic rings. The number of unbranched alkanes of at least 4 members (excludes halogenated alkanes) is 22. The summed E-state index contributed by atoms with van der Waals surface area (Å²) in [6, 6.07) is -2.24. The van der Waals surface area contributed by atoms with Gasteiger partial charge >= 0.3 is 11.9 Å². The Kier molecular flexibility index (Phi) is 74.1. The number of carbonyl (C=O) groups excluding carboxylic acids is 6. The second kappa shape index (κ2) is 76.7. The van der Waals surface area contributed by atoms with Crippen molar-refractivity contribution in [1.82, 2.24) is 16.0 Å². The molecule has 0 heterocycles. The highest BCUT2D eigenvalue weighted by molar-refractivity contribution is 7.99. The molecule has 0 aliphatic carbocycles. The van der Waals surface area contributed by atoms with Crippen LogP contribution in [-0.4, -0.2) is 255 Å². The molecule has 8 N–H and O–H groups in total. The molecule has 0 aliphatic heterocycles. The SMILES string of the molecule is CCCCCCCCCCCCCC[C@@H](C)C(=O)OCC[C@H](CSC[C@H](N)C(=O)N[C@@H](CO)C(=O)NCCOCCOCCOCCOCCOCCOCCOCCOCCOCCOCCOCCOCCC(=O)NCC(N)=O)OC(=O)[C@H](C)CCCCCCCCCCCCCC. The largest absolute Gasteiger partial charge is 0.465 e. The third kappa shape index (κ3) is 69.0. The Morgan fingerprint density at radius 1 is 0.390 bits per heavy atom. The quantitative estimate of drug-likeness (QED) is 0.0247. The van der Waals surface area contributed by atoms with Gasteiger partial charge in [0.1, 0.15) is 12.1 Å². The maximum absolute atomic E-state index is 13.4. The maximum atomic E-state index is 13.4. The fourth-order valence-corrected chi connectivity index (χ4v) is 11.0. The molecule has 0 spiro atoms. The molecule has 0 unspecified atom stereocenters. The van der Waals surface area contributed by atoms with E-state index in [0.717, 1.165) is 44.9 Å². The lowest BCUT2D eigenvalue weighted by atomic mass is 10.0. The lowest BCUT2D eigenvalue weighted by Crippen LogP contribution is -2.54. The second-order valence-corrected chi connectivity index (χ2v) is 26.3. The summed E-state index contributed by atoms with van der Waals surface area (Å²) >= 11 is 1.34. The average Bonchev–Trinajstić information content (AvgIpc) is 0.953. The van der Waals surface area contributed by atoms with Crippen molar-refractivity contribution >= 4 is 47.3 Å². The highest BCUT2D eigenvalue weighted by Gasteiger charge is 2.26. The van der Waals surface area contributed by atoms with E-state index in [4.69, 9.17) is 77.8 Å². The minimum absolute atomic E-state index is 0.105. The van der Waals surface area contributed by atoms with Gasteiger partial charge in [-0.05, 0) is 12.8 Å². The topological polar surface area (TPSA) is 340 Å². The van der Waals surface area contributed by atoms with E-state index in [2.05, 4.69) is 29.8 Å². The number of esters is 2. The molecule has 0 aromatic heterocycles. The van der Waals surface area contributed by atoms with E-state index >= 15 is 0 Å². The molecular weight excluding hydrogens is 1310 g/mol. The predicted octanol–water partition coefficient (Wildman–Crippen LogP) is 8.13. The van der Waals surface area contributed by atoms with Crippen molar-refractivity contribution in [3.63, 3.8) is 0 Å². The summed E-state index contributed by atoms with van der Waals surface area (Å²) in [5.74, 6) is -2.64. The molecule has 0 aromatic rings. The van der Waals surface area contributed by atoms with Gasteiger partial charge < -0.3 is 98.8 Å². The van der Waals surface area contributed by atoms with Crippen molar-refractivity contribution in [2.24, 2.45) is 23.3 Å². The van der Waals surface area contributed by atoms with E-state index in [0.29, 0.717) is 151 Å². The van der Waals surface area contributed by atoms with Crippen LogP contribution in [0, 0.1) is 11.8 Å². The number of ether oxygens (including phenoxy) is 14. The number of thioether (sulfide) groups is 1. The first-order valence-electron chi connectivity index (χ1n) is 38.2. The van der Waals surface area contributed by atoms with Gasteiger partial charge in [-0.2, -0.15) is 11.8 Å². The predicted molar refractivity (Wildman–Crippen MR) is 389 cm³/mol. The maximum Gasteiger partial charge on any atom is 0.308 e. The lowest BCUT2D eigenvalue weighted by Gasteiger charge is -2.22. The summed E-state index contributed by atoms with van der Waals surface area (Å²) in [7, 11) is 0. The van der Waals surface area contributed by atoms with Crippen LogP contribution in [0.1, 0.15) is 207 Å². The Balaban J connectivity index is 4.16. The number of nitrogens with one attached hydrogen (secondary N) is 3. The van der Waals surface area contributed by atoms with E-state index in [1.165, 1.54) is 134 Å². The molecule has 0 fully saturated rings. The van der Waals surface area contributed by atoms with E-state index in [-0.39, 0.29) is 81.4 Å². The van der Waals surface area contributed by atoms with E-state index < -0.39 is 42.5 Å². The van der Waals surface area contributed by atoms with Crippen molar-refractivity contribution in [3.8, 4) is 0 Å². The van der Waals surface area contributed by atoms with Crippen LogP contribution in [0.5, 0.6) is 0 Å². The van der Waals surface area contributed by atoms with Crippen molar-refractivity contribution in [2.75, 3.05) is 196 Å². The summed E-state index contributed by atoms with van der Waals surface area (Å²) in [5.41, 5.74) is 11.2. The Morgan fingerprint density at radius 2 is 0.720 bits per heavy atom. The molecular formula is C73H141N5O21S. The summed E-state index contributed by atoms with van der Waals surface area (Å²) in [6.45, 7) is 17.2. The normalized spacial score (nSPS) is 13.0. The number of primary amides is 1. The highest BCUT2D eigenvalue weighted by atomic mass is 32.2. The van der Waals surface area contributed by atoms with Crippen LogP contribution >= 0.6 is 11.8 Å². The standard InChI is InChI=1S/C73H141N5O21S/c1-5-7-9-11-13-15-17-19-21-23-25-27-29-63(3)72(84)98-35-31-65(99-73(85)64(4)30-28-26-24-22-20-18-16-14-12-10-8-6-2)61-100-62-66(74)70(82)78-67(60-79)71(83)76-33-36-87-38-40-89-42-44-91-46-48-93-50-52-95-54-56-97-58-57-96-55-53-94-51-49-92-47-45-90-43-41-88-39-37-86-34-32-69(81)77-59-68(75)80/h63-67,79H,5-62,74H2,1-4H3,(H2,75,80)(H,76,83)(H,77,81)(H,78,82)/t63-,64-,65-,66+,67+/m1/s1. The van der Waals surface area contributed by atoms with Crippen molar-refractivity contribution < 1.29 is 100 Å². The third-order valence-corrected chi connectivity index (χ3v) is 17.3. The molecule has 0 saturated carbocycles. The van der Waals surface area contributed by atoms with E-state index in [1.807, 2.05) is 13.8 Å². The van der Waals surface area contributed by atoms with Crippen LogP contribution in [0.25, 0.3) is 0 Å². The summed E-state index contributed by atoms with van der Waals surface area (Å²) in [5, 5.41) is 17.6. The fourth-order valence-electron chi connectivity index (χ4n) is 9.91. The number of aliphatic hydroxyl groups is 1. The number of carbonyl (C=O) groups is 6. The van der Waals surface area contributed by atoms with Crippen LogP contribution in [0.15, 0.2) is 0 Å². The summed E-state index contributed by atoms with van der Waals surface area (Å²) < 4.78 is 77.7. The number of hydrogen-bond donors (Lipinski definition) is 6. The van der Waals surface area contributed by atoms with Gasteiger partial charge in [0.2, 0.25) is 23.6 Å². The molecule has 4 amide bonds. The third-order valence-electron chi connectivity index (χ3n) is 16.1. The summed E-state index contributed by atoms with van der Waals surface area (Å²) in [6.07, 6.45) is 31.4. The van der Waals surface area contributed by atoms with E-state index in [9.17, 15) is 33.9 Å². The van der Waals surface area contributed by atoms with Gasteiger partial charge in [0.15, 0.2) is 0 Å². The highest BCUT2D eigenvalue weighted by Crippen LogP contribution is 2.20. The zero-order valence-electron chi connectivity index (χ0n) is 62.6. The first-order valence-corrected chi connectivity index (χ1v) is 39.4. The molecule has 27 heteroatoms. The zero-order valence-corrected chi connectivity index (χ0v) is 63.4. The Morgan fingerprint density at radius 3 is 1.07 bits per heavy atom. The van der Waals surface area contributed by atoms with Gasteiger partial charge in [0.25, 0.3) is 0 Å². The second-order valence-electron chi connectivity index (χ2n) is 25.2. The van der Waals surface area contributed by atoms with Crippen LogP contribution < -0.4 is 27.4 Å². The molecule has 100 heavy (non-hydrogen) atoms. The van der Waals surface area contributed by atoms with Gasteiger partial charge in [0, 0.05) is 30.9 Å². The number of amides is 4. The molecule has 0 bridgehead atoms. The number of aliphatic hydroxyl groups excluding tert-OH is 1. The molecule has 0 saturated heterocycles. The van der Waals surface area contributed by atoms with Gasteiger partial charge in [-0.1, -0.05) is 182 Å². The molecule has 0 rings (SSSR count). The van der Waals surface area contributed by atoms with Gasteiger partial charge in [-0.25, -0.2) is 0 Å². The number of nitrogens with two attached hydrogens (primary N) is 2. The van der Waals surface area contributed by atoms with Gasteiger partial charge in [-0.3, -0.25) is 28.8 Å². The summed E-state index contributed by atoms with van der Waals surface area (Å²) in [4.78, 5) is 74.5. The van der Waals surface area contributed by atoms with Crippen molar-refractivity contribution in [3.05, 3.63) is 0 Å². The minimum Gasteiger partial charge on any atom is -0.465 e. The first kappa shape index (κ1) is 96.6. The van der Waals surface area contributed by atoms with E-state index in [1.54, 1.807) is 0 Å². The zero-order chi connectivity index (χ0) is 73.1. The van der Waals surface area contributed by atoms with Crippen LogP contribution in [-0.2, 0) is 95.1 Å². The Labute approximate surface area is 606 Å². The monoisotopic (exact) mass is 1460 g/mol. The van der Waals surface area contributed by atoms with Gasteiger partial charge in [-0.15, -0.1) is 0 Å². The fraction of sp³-hybridized carbons (Fsp3) is 0.918. The Hall–Kier alpha value is -3.39. The van der Waals surface area contributed by atoms with Crippen LogP contribution in [0.4, 0.5) is 0 Å². The van der Waals surface area contributed by atoms with Crippen molar-refractivity contribution in [1.29, 1.82) is 0 Å². The molecule has 0 radical (unpaired) electrons. The smallest absolute Gasteiger partial charge is 0.308 e. The molecule has 0 aromatic carbocycles. The van der Waals surface area contributed by atoms with Crippen molar-refractivity contribution in [2.45, 2.75) is 226 Å². The number of rotatable bonds is 81. The van der Waals surface area contributed by atoms with Crippen LogP contribution in [0.3, 0.4) is 0 Å². The number of hydrogen-bond acceptors (Lipinski definition) is 23. The lowest BCUT2D eigenvalue weighted by molar-refractivity contribution is -0.155. The molecule has 590 valence electrons. The molecule has 5 atom stereocenters. The molecule has 26 nitrogen and oxygen atoms in total. The first-order chi connectivity index (χ1) is 48.9. The van der Waals surface area contributed by atoms with Gasteiger partial charge in [0.05, 0.1) is 196 Å². The average molecular weight is 1460 g/mol.